The molecule has 1 fully saturated rings. The summed E-state index contributed by atoms with van der Waals surface area (Å²) in [7, 11) is 4.65. The van der Waals surface area contributed by atoms with Crippen LogP contribution in [-0.4, -0.2) is 30.5 Å². The van der Waals surface area contributed by atoms with E-state index in [1.54, 1.807) is 18.2 Å². The number of nitrogens with one attached hydrogen (secondary N) is 1. The van der Waals surface area contributed by atoms with E-state index in [4.69, 9.17) is 23.2 Å². The molecule has 0 heterocycles. The molecule has 0 bridgehead atoms. The quantitative estimate of drug-likeness (QED) is 0.465. The normalized spacial score (nSPS) is 15.0. The van der Waals surface area contributed by atoms with Crippen molar-refractivity contribution in [2.45, 2.75) is 44.7 Å². The topological polar surface area (TPSA) is 29.1 Å². The minimum absolute atomic E-state index is 0. The summed E-state index contributed by atoms with van der Waals surface area (Å²) in [4.78, 5) is 12.5. The van der Waals surface area contributed by atoms with Crippen LogP contribution in [0.1, 0.15) is 48.0 Å². The van der Waals surface area contributed by atoms with Crippen molar-refractivity contribution in [2.75, 3.05) is 19.4 Å². The van der Waals surface area contributed by atoms with Crippen molar-refractivity contribution in [3.8, 4) is 0 Å². The first-order valence-electron chi connectivity index (χ1n) is 9.53. The van der Waals surface area contributed by atoms with Crippen LogP contribution in [-0.2, 0) is 6.54 Å². The van der Waals surface area contributed by atoms with Gasteiger partial charge in [-0.1, -0.05) is 41.8 Å². The van der Waals surface area contributed by atoms with E-state index in [9.17, 15) is 4.79 Å². The predicted octanol–water partition coefficient (Wildman–Crippen LogP) is 3.16. The molecule has 1 N–H and O–H groups in total. The van der Waals surface area contributed by atoms with E-state index >= 15 is 0 Å². The number of benzene rings is 2. The number of hydrogen-bond donors (Lipinski definition) is 1. The number of anilines is 1. The van der Waals surface area contributed by atoms with Crippen molar-refractivity contribution in [1.29, 1.82) is 0 Å². The molecule has 0 unspecified atom stereocenters. The highest BCUT2D eigenvalue weighted by Gasteiger charge is 2.29. The summed E-state index contributed by atoms with van der Waals surface area (Å²) in [6, 6.07) is 13.7. The smallest absolute Gasteiger partial charge is 0.257 e. The third-order valence-corrected chi connectivity index (χ3v) is 6.10. The van der Waals surface area contributed by atoms with Gasteiger partial charge in [-0.3, -0.25) is 4.79 Å². The van der Waals surface area contributed by atoms with Crippen molar-refractivity contribution >= 4 is 34.8 Å². The number of nitrogens with zero attached hydrogens (tertiary/aromatic N) is 1. The minimum atomic E-state index is -0.256. The number of hydrogen-bond acceptors (Lipinski definition) is 1. The lowest BCUT2D eigenvalue weighted by Gasteiger charge is -2.40. The highest BCUT2D eigenvalue weighted by atomic mass is 127. The van der Waals surface area contributed by atoms with E-state index in [-0.39, 0.29) is 29.9 Å². The number of amides is 1. The van der Waals surface area contributed by atoms with Crippen molar-refractivity contribution in [3.05, 3.63) is 63.6 Å². The van der Waals surface area contributed by atoms with Crippen molar-refractivity contribution in [3.63, 3.8) is 0 Å². The minimum Gasteiger partial charge on any atom is -1.00 e. The monoisotopic (exact) mass is 532 g/mol. The van der Waals surface area contributed by atoms with E-state index in [0.29, 0.717) is 15.6 Å². The number of quaternary nitrogens is 1. The van der Waals surface area contributed by atoms with Crippen LogP contribution in [0.2, 0.25) is 10.0 Å². The van der Waals surface area contributed by atoms with Gasteiger partial charge in [-0.05, 0) is 56.0 Å². The van der Waals surface area contributed by atoms with E-state index in [1.165, 1.54) is 37.7 Å². The fourth-order valence-corrected chi connectivity index (χ4v) is 4.32. The van der Waals surface area contributed by atoms with Gasteiger partial charge in [0.15, 0.2) is 0 Å². The van der Waals surface area contributed by atoms with Gasteiger partial charge in [0, 0.05) is 16.3 Å². The molecule has 0 saturated heterocycles. The molecule has 28 heavy (non-hydrogen) atoms. The first-order chi connectivity index (χ1) is 12.8. The van der Waals surface area contributed by atoms with Gasteiger partial charge in [0.05, 0.1) is 30.7 Å². The maximum Gasteiger partial charge on any atom is 0.257 e. The lowest BCUT2D eigenvalue weighted by atomic mass is 9.92. The summed E-state index contributed by atoms with van der Waals surface area (Å²) in [5.41, 5.74) is 2.41. The van der Waals surface area contributed by atoms with E-state index in [0.717, 1.165) is 22.8 Å². The number of carbonyl (C=O) groups excluding carboxylic acids is 1. The van der Waals surface area contributed by atoms with Crippen LogP contribution in [0, 0.1) is 0 Å². The molecule has 2 aromatic rings. The molecule has 0 radical (unpaired) electrons. The van der Waals surface area contributed by atoms with Gasteiger partial charge in [-0.15, -0.1) is 0 Å². The van der Waals surface area contributed by atoms with Gasteiger partial charge < -0.3 is 33.8 Å². The summed E-state index contributed by atoms with van der Waals surface area (Å²) < 4.78 is 1.02. The first kappa shape index (κ1) is 23.5. The highest BCUT2D eigenvalue weighted by Crippen LogP contribution is 2.28. The zero-order valence-corrected chi connectivity index (χ0v) is 20.0. The molecular formula is C22H27Cl2IN2O. The van der Waals surface area contributed by atoms with Crippen molar-refractivity contribution < 1.29 is 33.3 Å². The SMILES string of the molecule is C[N+](C)(Cc1ccc(NC(=O)c2cc(Cl)ccc2Cl)cc1)C1CCCCC1.[I-]. The molecule has 1 aliphatic carbocycles. The van der Waals surface area contributed by atoms with Crippen molar-refractivity contribution in [1.82, 2.24) is 0 Å². The molecule has 0 aromatic heterocycles. The molecule has 0 atom stereocenters. The van der Waals surface area contributed by atoms with E-state index in [1.807, 2.05) is 12.1 Å². The van der Waals surface area contributed by atoms with Gasteiger partial charge in [0.25, 0.3) is 5.91 Å². The summed E-state index contributed by atoms with van der Waals surface area (Å²) in [6.07, 6.45) is 6.72. The standard InChI is InChI=1S/C22H26Cl2N2O.HI/c1-26(2,19-6-4-3-5-7-19)15-16-8-11-18(12-9-16)25-22(27)20-14-17(23)10-13-21(20)24;/h8-14,19H,3-7,15H2,1-2H3;1H. The average Bonchev–Trinajstić information content (AvgIpc) is 2.66. The second-order valence-electron chi connectivity index (χ2n) is 8.00. The number of rotatable bonds is 5. The second kappa shape index (κ2) is 10.3. The van der Waals surface area contributed by atoms with Crippen molar-refractivity contribution in [2.24, 2.45) is 0 Å². The Morgan fingerprint density at radius 1 is 1.04 bits per heavy atom. The molecule has 0 aliphatic heterocycles. The van der Waals surface area contributed by atoms with Gasteiger partial charge >= 0.3 is 0 Å². The van der Waals surface area contributed by atoms with E-state index in [2.05, 4.69) is 31.5 Å². The van der Waals surface area contributed by atoms with Crippen LogP contribution < -0.4 is 29.3 Å². The van der Waals surface area contributed by atoms with Gasteiger partial charge in [-0.25, -0.2) is 0 Å². The largest absolute Gasteiger partial charge is 1.00 e. The Morgan fingerprint density at radius 3 is 2.32 bits per heavy atom. The lowest BCUT2D eigenvalue weighted by molar-refractivity contribution is -0.929. The molecule has 0 spiro atoms. The van der Waals surface area contributed by atoms with Crippen LogP contribution in [0.3, 0.4) is 0 Å². The fraction of sp³-hybridized carbons (Fsp3) is 0.409. The maximum absolute atomic E-state index is 12.5. The van der Waals surface area contributed by atoms with E-state index < -0.39 is 0 Å². The summed E-state index contributed by atoms with van der Waals surface area (Å²) in [5, 5.41) is 3.77. The highest BCUT2D eigenvalue weighted by molar-refractivity contribution is 6.36. The molecule has 1 amide bonds. The Balaban J connectivity index is 0.00000280. The molecular weight excluding hydrogens is 506 g/mol. The van der Waals surface area contributed by atoms with Crippen LogP contribution in [0.5, 0.6) is 0 Å². The summed E-state index contributed by atoms with van der Waals surface area (Å²) in [5.74, 6) is -0.256. The molecule has 2 aromatic carbocycles. The van der Waals surface area contributed by atoms with Gasteiger partial charge in [0.2, 0.25) is 0 Å². The Kier molecular flexibility index (Phi) is 8.61. The van der Waals surface area contributed by atoms with Gasteiger partial charge in [0.1, 0.15) is 6.54 Å². The Morgan fingerprint density at radius 2 is 1.68 bits per heavy atom. The number of halogens is 3. The Labute approximate surface area is 195 Å². The first-order valence-corrected chi connectivity index (χ1v) is 10.3. The van der Waals surface area contributed by atoms with Crippen LogP contribution in [0.25, 0.3) is 0 Å². The zero-order valence-electron chi connectivity index (χ0n) is 16.4. The molecule has 3 nitrogen and oxygen atoms in total. The third-order valence-electron chi connectivity index (χ3n) is 5.54. The fourth-order valence-electron chi connectivity index (χ4n) is 3.94. The lowest BCUT2D eigenvalue weighted by Crippen LogP contribution is -3.00. The Bertz CT molecular complexity index is 803. The average molecular weight is 533 g/mol. The molecule has 6 heteroatoms. The molecule has 3 rings (SSSR count). The summed E-state index contributed by atoms with van der Waals surface area (Å²) in [6.45, 7) is 0.999. The molecule has 1 aliphatic rings. The predicted molar refractivity (Wildman–Crippen MR) is 114 cm³/mol. The second-order valence-corrected chi connectivity index (χ2v) is 8.85. The third kappa shape index (κ3) is 6.09. The van der Waals surface area contributed by atoms with Crippen LogP contribution in [0.4, 0.5) is 5.69 Å². The summed E-state index contributed by atoms with van der Waals surface area (Å²) >= 11 is 12.1. The zero-order chi connectivity index (χ0) is 19.4. The maximum atomic E-state index is 12.5. The van der Waals surface area contributed by atoms with Crippen LogP contribution >= 0.6 is 23.2 Å². The van der Waals surface area contributed by atoms with Crippen LogP contribution in [0.15, 0.2) is 42.5 Å². The molecule has 152 valence electrons. The number of carbonyl (C=O) groups is 1. The Hall–Kier alpha value is -0.820. The molecule has 1 saturated carbocycles. The van der Waals surface area contributed by atoms with Gasteiger partial charge in [-0.2, -0.15) is 0 Å².